The van der Waals surface area contributed by atoms with Gasteiger partial charge in [0.1, 0.15) is 11.2 Å². The van der Waals surface area contributed by atoms with E-state index < -0.39 is 22.7 Å². The monoisotopic (exact) mass is 258 g/mol. The molecule has 18 heavy (non-hydrogen) atoms. The summed E-state index contributed by atoms with van der Waals surface area (Å²) >= 11 is 0. The third-order valence-electron chi connectivity index (χ3n) is 3.77. The summed E-state index contributed by atoms with van der Waals surface area (Å²) in [6, 6.07) is 0. The molecule has 0 saturated carbocycles. The van der Waals surface area contributed by atoms with Crippen molar-refractivity contribution in [1.82, 2.24) is 10.2 Å². The van der Waals surface area contributed by atoms with Gasteiger partial charge < -0.3 is 25.2 Å². The fraction of sp³-hybridized carbons (Fsp3) is 0.917. The Hall–Kier alpha value is -0.850. The van der Waals surface area contributed by atoms with Crippen molar-refractivity contribution in [2.45, 2.75) is 32.0 Å². The van der Waals surface area contributed by atoms with Gasteiger partial charge in [-0.3, -0.25) is 0 Å². The molecule has 0 atom stereocenters. The molecule has 2 fully saturated rings. The Morgan fingerprint density at radius 2 is 1.94 bits per heavy atom. The third kappa shape index (κ3) is 2.08. The molecule has 3 N–H and O–H groups in total. The largest absolute Gasteiger partial charge is 0.444 e. The fourth-order valence-corrected chi connectivity index (χ4v) is 2.39. The Morgan fingerprint density at radius 1 is 1.39 bits per heavy atom. The van der Waals surface area contributed by atoms with Crippen LogP contribution in [-0.4, -0.2) is 65.2 Å². The molecule has 6 nitrogen and oxygen atoms in total. The van der Waals surface area contributed by atoms with Crippen molar-refractivity contribution in [2.75, 3.05) is 32.8 Å². The van der Waals surface area contributed by atoms with Crippen LogP contribution in [0.2, 0.25) is 0 Å². The fourth-order valence-electron chi connectivity index (χ4n) is 2.39. The maximum atomic E-state index is 11.8. The maximum absolute atomic E-state index is 11.8. The molecule has 2 aliphatic heterocycles. The lowest BCUT2D eigenvalue weighted by molar-refractivity contribution is -0.202. The highest BCUT2D eigenvalue weighted by atomic mass is 16.6. The number of nitrogens with one attached hydrogen (secondary N) is 1. The van der Waals surface area contributed by atoms with E-state index in [4.69, 9.17) is 4.74 Å². The molecule has 0 unspecified atom stereocenters. The minimum atomic E-state index is -0.996. The average Bonchev–Trinajstić information content (AvgIpc) is 2.09. The Morgan fingerprint density at radius 3 is 2.28 bits per heavy atom. The molecule has 2 heterocycles. The van der Waals surface area contributed by atoms with Crippen molar-refractivity contribution in [3.05, 3.63) is 0 Å². The van der Waals surface area contributed by atoms with Crippen LogP contribution in [0.15, 0.2) is 0 Å². The first-order valence-electron chi connectivity index (χ1n) is 6.23. The van der Waals surface area contributed by atoms with E-state index in [1.165, 1.54) is 4.90 Å². The van der Waals surface area contributed by atoms with E-state index in [0.717, 1.165) is 0 Å². The van der Waals surface area contributed by atoms with Crippen LogP contribution in [0.25, 0.3) is 0 Å². The first kappa shape index (κ1) is 13.6. The quantitative estimate of drug-likeness (QED) is 0.625. The van der Waals surface area contributed by atoms with E-state index >= 15 is 0 Å². The molecule has 2 saturated heterocycles. The highest BCUT2D eigenvalue weighted by molar-refractivity contribution is 5.69. The van der Waals surface area contributed by atoms with Crippen LogP contribution >= 0.6 is 0 Å². The number of amides is 1. The maximum Gasteiger partial charge on any atom is 0.410 e. The summed E-state index contributed by atoms with van der Waals surface area (Å²) in [6.07, 6.45) is -0.410. The molecule has 6 heteroatoms. The Bertz CT molecular complexity index is 335. The first-order valence-corrected chi connectivity index (χ1v) is 6.23. The number of likely N-dealkylation sites (tertiary alicyclic amines) is 1. The summed E-state index contributed by atoms with van der Waals surface area (Å²) in [4.78, 5) is 13.2. The molecule has 2 rings (SSSR count). The minimum absolute atomic E-state index is 0.0708. The number of aliphatic hydroxyl groups excluding tert-OH is 1. The second-order valence-corrected chi connectivity index (χ2v) is 6.41. The molecular weight excluding hydrogens is 236 g/mol. The normalized spacial score (nSPS) is 25.1. The van der Waals surface area contributed by atoms with E-state index in [1.807, 2.05) is 20.8 Å². The van der Waals surface area contributed by atoms with Crippen LogP contribution in [0.1, 0.15) is 20.8 Å². The number of aliphatic hydroxyl groups is 2. The van der Waals surface area contributed by atoms with Crippen molar-refractivity contribution < 1.29 is 19.7 Å². The Balaban J connectivity index is 1.91. The molecule has 0 aromatic carbocycles. The molecule has 2 aliphatic rings. The van der Waals surface area contributed by atoms with Crippen molar-refractivity contribution in [2.24, 2.45) is 5.41 Å². The average molecular weight is 258 g/mol. The number of carbonyl (C=O) groups is 1. The molecule has 0 radical (unpaired) electrons. The first-order chi connectivity index (χ1) is 8.21. The van der Waals surface area contributed by atoms with E-state index in [-0.39, 0.29) is 19.7 Å². The van der Waals surface area contributed by atoms with E-state index in [0.29, 0.717) is 13.1 Å². The lowest BCUT2D eigenvalue weighted by Gasteiger charge is -2.59. The van der Waals surface area contributed by atoms with Gasteiger partial charge in [-0.1, -0.05) is 0 Å². The molecule has 0 bridgehead atoms. The predicted octanol–water partition coefficient (Wildman–Crippen LogP) is -0.450. The molecule has 0 aromatic rings. The zero-order chi connectivity index (χ0) is 13.6. The van der Waals surface area contributed by atoms with Crippen molar-refractivity contribution in [1.29, 1.82) is 0 Å². The van der Waals surface area contributed by atoms with Crippen molar-refractivity contribution in [3.63, 3.8) is 0 Å². The van der Waals surface area contributed by atoms with Gasteiger partial charge in [0.05, 0.1) is 25.1 Å². The smallest absolute Gasteiger partial charge is 0.410 e. The predicted molar refractivity (Wildman–Crippen MR) is 65.1 cm³/mol. The van der Waals surface area contributed by atoms with Crippen LogP contribution in [0.4, 0.5) is 4.79 Å². The van der Waals surface area contributed by atoms with Crippen LogP contribution < -0.4 is 5.32 Å². The van der Waals surface area contributed by atoms with Gasteiger partial charge in [-0.05, 0) is 20.8 Å². The number of hydrogen-bond donors (Lipinski definition) is 3. The topological polar surface area (TPSA) is 82.0 Å². The Labute approximate surface area is 107 Å². The number of ether oxygens (including phenoxy) is 1. The highest BCUT2D eigenvalue weighted by Gasteiger charge is 2.61. The molecule has 0 spiro atoms. The summed E-state index contributed by atoms with van der Waals surface area (Å²) in [5, 5.41) is 22.9. The van der Waals surface area contributed by atoms with Crippen LogP contribution in [0.3, 0.4) is 0 Å². The van der Waals surface area contributed by atoms with Gasteiger partial charge >= 0.3 is 6.09 Å². The third-order valence-corrected chi connectivity index (χ3v) is 3.77. The second kappa shape index (κ2) is 4.08. The molecule has 0 aliphatic carbocycles. The number of hydrogen-bond acceptors (Lipinski definition) is 5. The van der Waals surface area contributed by atoms with Gasteiger partial charge in [0.15, 0.2) is 0 Å². The number of rotatable bonds is 2. The van der Waals surface area contributed by atoms with E-state index in [2.05, 4.69) is 5.32 Å². The number of β-amino-alcohol motifs (C(OH)–C–C–N with tert-alkyl or cyclic N) is 1. The van der Waals surface area contributed by atoms with E-state index in [1.54, 1.807) is 0 Å². The van der Waals surface area contributed by atoms with Gasteiger partial charge in [0, 0.05) is 13.1 Å². The number of nitrogens with zero attached hydrogens (tertiary/aromatic N) is 1. The van der Waals surface area contributed by atoms with Crippen molar-refractivity contribution >= 4 is 6.09 Å². The summed E-state index contributed by atoms with van der Waals surface area (Å²) < 4.78 is 5.23. The molecule has 0 aromatic heterocycles. The van der Waals surface area contributed by atoms with Gasteiger partial charge in [0.25, 0.3) is 0 Å². The van der Waals surface area contributed by atoms with Gasteiger partial charge in [0.2, 0.25) is 0 Å². The molecule has 104 valence electrons. The highest BCUT2D eigenvalue weighted by Crippen LogP contribution is 2.41. The summed E-state index contributed by atoms with van der Waals surface area (Å²) in [6.45, 7) is 6.98. The van der Waals surface area contributed by atoms with Crippen LogP contribution in [0.5, 0.6) is 0 Å². The standard InChI is InChI=1S/C12H22N2O4/c1-10(2,3)18-9(16)14-6-12(17,7-14)11(8-15)4-13-5-11/h13,15,17H,4-8H2,1-3H3. The van der Waals surface area contributed by atoms with Crippen LogP contribution in [-0.2, 0) is 4.74 Å². The summed E-state index contributed by atoms with van der Waals surface area (Å²) in [7, 11) is 0. The SMILES string of the molecule is CC(C)(C)OC(=O)N1CC(O)(C2(CO)CNC2)C1. The van der Waals surface area contributed by atoms with Gasteiger partial charge in [-0.25, -0.2) is 4.79 Å². The molecular formula is C12H22N2O4. The summed E-state index contributed by atoms with van der Waals surface area (Å²) in [5.41, 5.74) is -2.03. The lowest BCUT2D eigenvalue weighted by atomic mass is 9.64. The number of carbonyl (C=O) groups excluding carboxylic acids is 1. The van der Waals surface area contributed by atoms with Gasteiger partial charge in [-0.15, -0.1) is 0 Å². The van der Waals surface area contributed by atoms with Crippen LogP contribution in [0, 0.1) is 5.41 Å². The van der Waals surface area contributed by atoms with Gasteiger partial charge in [-0.2, -0.15) is 0 Å². The second-order valence-electron chi connectivity index (χ2n) is 6.41. The zero-order valence-corrected chi connectivity index (χ0v) is 11.2. The zero-order valence-electron chi connectivity index (χ0n) is 11.2. The minimum Gasteiger partial charge on any atom is -0.444 e. The lowest BCUT2D eigenvalue weighted by Crippen LogP contribution is -2.79. The Kier molecular flexibility index (Phi) is 3.08. The van der Waals surface area contributed by atoms with Crippen molar-refractivity contribution in [3.8, 4) is 0 Å². The summed E-state index contributed by atoms with van der Waals surface area (Å²) in [5.74, 6) is 0. The van der Waals surface area contributed by atoms with E-state index in [9.17, 15) is 15.0 Å². The molecule has 1 amide bonds.